The van der Waals surface area contributed by atoms with Crippen LogP contribution in [-0.2, 0) is 6.54 Å². The van der Waals surface area contributed by atoms with Gasteiger partial charge in [0.05, 0.1) is 29.0 Å². The van der Waals surface area contributed by atoms with Crippen LogP contribution in [0.1, 0.15) is 5.56 Å². The Bertz CT molecular complexity index is 1180. The van der Waals surface area contributed by atoms with Gasteiger partial charge in [-0.1, -0.05) is 48.5 Å². The third-order valence-corrected chi connectivity index (χ3v) is 4.38. The van der Waals surface area contributed by atoms with Crippen molar-refractivity contribution in [2.75, 3.05) is 0 Å². The Hall–Kier alpha value is -4.00. The van der Waals surface area contributed by atoms with Crippen molar-refractivity contribution in [1.29, 1.82) is 0 Å². The van der Waals surface area contributed by atoms with Gasteiger partial charge in [-0.15, -0.1) is 0 Å². The van der Waals surface area contributed by atoms with Crippen LogP contribution >= 0.6 is 0 Å². The summed E-state index contributed by atoms with van der Waals surface area (Å²) in [4.78, 5) is 22.8. The highest BCUT2D eigenvalue weighted by Gasteiger charge is 2.15. The van der Waals surface area contributed by atoms with Crippen LogP contribution in [-0.4, -0.2) is 19.3 Å². The van der Waals surface area contributed by atoms with Crippen molar-refractivity contribution in [1.82, 2.24) is 14.3 Å². The van der Waals surface area contributed by atoms with Crippen LogP contribution < -0.4 is 5.56 Å². The van der Waals surface area contributed by atoms with Crippen molar-refractivity contribution in [2.24, 2.45) is 0 Å². The lowest BCUT2D eigenvalue weighted by Gasteiger charge is -2.05. The molecule has 2 aromatic carbocycles. The van der Waals surface area contributed by atoms with Crippen molar-refractivity contribution in [3.05, 3.63) is 111 Å². The quantitative estimate of drug-likeness (QED) is 0.395. The molecular formula is C21H16N4O3. The van der Waals surface area contributed by atoms with Gasteiger partial charge in [-0.05, 0) is 12.1 Å². The molecule has 138 valence electrons. The fraction of sp³-hybridized carbons (Fsp3) is 0.0476. The lowest BCUT2D eigenvalue weighted by atomic mass is 10.1. The molecule has 0 aliphatic carbocycles. The van der Waals surface area contributed by atoms with Crippen LogP contribution in [0.4, 0.5) is 5.69 Å². The average molecular weight is 372 g/mol. The zero-order chi connectivity index (χ0) is 19.5. The summed E-state index contributed by atoms with van der Waals surface area (Å²) in [7, 11) is 0. The smallest absolute Gasteiger partial charge is 0.285 e. The van der Waals surface area contributed by atoms with Gasteiger partial charge in [0, 0.05) is 29.5 Å². The lowest BCUT2D eigenvalue weighted by Crippen LogP contribution is -2.19. The second-order valence-corrected chi connectivity index (χ2v) is 6.26. The van der Waals surface area contributed by atoms with Crippen LogP contribution in [0.5, 0.6) is 0 Å². The first-order valence-electron chi connectivity index (χ1n) is 8.66. The number of pyridine rings is 1. The summed E-state index contributed by atoms with van der Waals surface area (Å²) in [5.41, 5.74) is 2.87. The first-order chi connectivity index (χ1) is 13.6. The number of nitro groups is 1. The molecule has 0 aliphatic rings. The van der Waals surface area contributed by atoms with E-state index in [2.05, 4.69) is 0 Å². The van der Waals surface area contributed by atoms with Crippen molar-refractivity contribution in [2.45, 2.75) is 6.54 Å². The van der Waals surface area contributed by atoms with Gasteiger partial charge in [0.2, 0.25) is 0 Å². The molecule has 0 unspecified atom stereocenters. The van der Waals surface area contributed by atoms with E-state index >= 15 is 0 Å². The molecule has 0 N–H and O–H groups in total. The monoisotopic (exact) mass is 372 g/mol. The predicted octanol–water partition coefficient (Wildman–Crippen LogP) is 3.66. The Kier molecular flexibility index (Phi) is 4.55. The van der Waals surface area contributed by atoms with E-state index in [1.54, 1.807) is 4.68 Å². The number of aromatic nitrogens is 3. The Labute approximate surface area is 160 Å². The number of nitrogens with zero attached hydrogens (tertiary/aromatic N) is 4. The van der Waals surface area contributed by atoms with E-state index in [9.17, 15) is 14.9 Å². The zero-order valence-electron chi connectivity index (χ0n) is 14.8. The molecule has 0 bridgehead atoms. The average Bonchev–Trinajstić information content (AvgIpc) is 3.15. The standard InChI is InChI=1S/C21H16N4O3/c26-20-12-11-19(25(27)28)15-23(20)13-17-14-24(18-9-5-2-6-10-18)22-21(17)16-7-3-1-4-8-16/h1-12,14-15H,13H2. The molecule has 0 aliphatic heterocycles. The van der Waals surface area contributed by atoms with Crippen molar-refractivity contribution < 1.29 is 4.92 Å². The predicted molar refractivity (Wildman–Crippen MR) is 105 cm³/mol. The highest BCUT2D eigenvalue weighted by Crippen LogP contribution is 2.24. The summed E-state index contributed by atoms with van der Waals surface area (Å²) >= 11 is 0. The van der Waals surface area contributed by atoms with E-state index in [1.165, 1.54) is 22.9 Å². The maximum atomic E-state index is 12.2. The lowest BCUT2D eigenvalue weighted by molar-refractivity contribution is -0.385. The Balaban J connectivity index is 1.82. The first-order valence-corrected chi connectivity index (χ1v) is 8.66. The minimum atomic E-state index is -0.512. The molecule has 2 aromatic heterocycles. The van der Waals surface area contributed by atoms with E-state index in [0.717, 1.165) is 22.5 Å². The van der Waals surface area contributed by atoms with Crippen LogP contribution in [0.15, 0.2) is 90.0 Å². The number of hydrogen-bond donors (Lipinski definition) is 0. The van der Waals surface area contributed by atoms with Gasteiger partial charge in [0.15, 0.2) is 0 Å². The van der Waals surface area contributed by atoms with Gasteiger partial charge >= 0.3 is 0 Å². The summed E-state index contributed by atoms with van der Waals surface area (Å²) in [6.07, 6.45) is 3.11. The van der Waals surface area contributed by atoms with Gasteiger partial charge in [0.25, 0.3) is 11.2 Å². The summed E-state index contributed by atoms with van der Waals surface area (Å²) in [6.45, 7) is 0.178. The van der Waals surface area contributed by atoms with E-state index in [-0.39, 0.29) is 17.8 Å². The second kappa shape index (κ2) is 7.32. The third-order valence-electron chi connectivity index (χ3n) is 4.38. The molecule has 2 heterocycles. The fourth-order valence-corrected chi connectivity index (χ4v) is 3.01. The Morgan fingerprint density at radius 3 is 2.25 bits per heavy atom. The van der Waals surface area contributed by atoms with Gasteiger partial charge < -0.3 is 4.57 Å². The number of para-hydroxylation sites is 1. The van der Waals surface area contributed by atoms with E-state index in [1.807, 2.05) is 66.9 Å². The van der Waals surface area contributed by atoms with Gasteiger partial charge in [0.1, 0.15) is 0 Å². The molecule has 0 atom stereocenters. The molecule has 7 nitrogen and oxygen atoms in total. The molecule has 0 fully saturated rings. The summed E-state index contributed by atoms with van der Waals surface area (Å²) in [6, 6.07) is 21.7. The van der Waals surface area contributed by atoms with E-state index < -0.39 is 4.92 Å². The SMILES string of the molecule is O=c1ccc([N+](=O)[O-])cn1Cc1cn(-c2ccccc2)nc1-c1ccccc1. The molecule has 0 spiro atoms. The van der Waals surface area contributed by atoms with Crippen molar-refractivity contribution in [3.8, 4) is 16.9 Å². The van der Waals surface area contributed by atoms with Gasteiger partial charge in [-0.25, -0.2) is 4.68 Å². The zero-order valence-corrected chi connectivity index (χ0v) is 14.8. The highest BCUT2D eigenvalue weighted by atomic mass is 16.6. The molecule has 4 rings (SSSR count). The molecule has 0 saturated carbocycles. The largest absolute Gasteiger partial charge is 0.304 e. The van der Waals surface area contributed by atoms with Crippen LogP contribution in [0.2, 0.25) is 0 Å². The summed E-state index contributed by atoms with van der Waals surface area (Å²) in [5, 5.41) is 15.8. The third kappa shape index (κ3) is 3.45. The molecule has 0 saturated heterocycles. The summed E-state index contributed by atoms with van der Waals surface area (Å²) in [5.74, 6) is 0. The Morgan fingerprint density at radius 2 is 1.57 bits per heavy atom. The maximum absolute atomic E-state index is 12.2. The van der Waals surface area contributed by atoms with Crippen molar-refractivity contribution >= 4 is 5.69 Å². The number of rotatable bonds is 5. The summed E-state index contributed by atoms with van der Waals surface area (Å²) < 4.78 is 3.08. The molecule has 0 amide bonds. The van der Waals surface area contributed by atoms with Crippen LogP contribution in [0.25, 0.3) is 16.9 Å². The fourth-order valence-electron chi connectivity index (χ4n) is 3.01. The molecule has 4 aromatic rings. The molecule has 7 heteroatoms. The highest BCUT2D eigenvalue weighted by molar-refractivity contribution is 5.63. The van der Waals surface area contributed by atoms with Crippen LogP contribution in [0.3, 0.4) is 0 Å². The van der Waals surface area contributed by atoms with E-state index in [4.69, 9.17) is 5.10 Å². The first kappa shape index (κ1) is 17.4. The normalized spacial score (nSPS) is 10.7. The number of hydrogen-bond acceptors (Lipinski definition) is 4. The maximum Gasteiger partial charge on any atom is 0.285 e. The van der Waals surface area contributed by atoms with Gasteiger partial charge in [-0.2, -0.15) is 5.10 Å². The van der Waals surface area contributed by atoms with Gasteiger partial charge in [-0.3, -0.25) is 14.9 Å². The second-order valence-electron chi connectivity index (χ2n) is 6.26. The van der Waals surface area contributed by atoms with Crippen molar-refractivity contribution in [3.63, 3.8) is 0 Å². The molecule has 0 radical (unpaired) electrons. The molecular weight excluding hydrogens is 356 g/mol. The molecule has 28 heavy (non-hydrogen) atoms. The minimum absolute atomic E-state index is 0.128. The number of benzene rings is 2. The Morgan fingerprint density at radius 1 is 0.893 bits per heavy atom. The minimum Gasteiger partial charge on any atom is -0.304 e. The topological polar surface area (TPSA) is 83.0 Å². The van der Waals surface area contributed by atoms with E-state index in [0.29, 0.717) is 0 Å². The van der Waals surface area contributed by atoms with Crippen LogP contribution in [0, 0.1) is 10.1 Å².